The van der Waals surface area contributed by atoms with Crippen molar-refractivity contribution in [3.63, 3.8) is 0 Å². The predicted molar refractivity (Wildman–Crippen MR) is 585 cm³/mol. The van der Waals surface area contributed by atoms with Crippen molar-refractivity contribution < 1.29 is 90.5 Å². The molecule has 2 atom stereocenters. The molecular formula is C118H214N8O19. The molecule has 840 valence electrons. The highest BCUT2D eigenvalue weighted by Gasteiger charge is 2.33. The summed E-state index contributed by atoms with van der Waals surface area (Å²) in [6, 6.07) is -1.27. The predicted octanol–water partition coefficient (Wildman–Crippen LogP) is 22.1. The van der Waals surface area contributed by atoms with Gasteiger partial charge in [-0.3, -0.25) is 38.4 Å². The van der Waals surface area contributed by atoms with Crippen LogP contribution in [0.25, 0.3) is 0 Å². The normalized spacial score (nSPS) is 16.0. The van der Waals surface area contributed by atoms with Crippen molar-refractivity contribution in [3.05, 3.63) is 44.6 Å². The van der Waals surface area contributed by atoms with Gasteiger partial charge in [0.25, 0.3) is 0 Å². The van der Waals surface area contributed by atoms with Crippen LogP contribution in [0.15, 0.2) is 44.6 Å². The van der Waals surface area contributed by atoms with E-state index < -0.39 is 12.1 Å². The Morgan fingerprint density at radius 3 is 0.648 bits per heavy atom. The van der Waals surface area contributed by atoms with Crippen molar-refractivity contribution >= 4 is 47.3 Å². The second-order valence-electron chi connectivity index (χ2n) is 44.3. The van der Waals surface area contributed by atoms with Crippen LogP contribution in [0.2, 0.25) is 0 Å². The fourth-order valence-corrected chi connectivity index (χ4v) is 21.1. The maximum absolute atomic E-state index is 13.5. The van der Waals surface area contributed by atoms with Crippen molar-refractivity contribution in [3.8, 4) is 0 Å². The van der Waals surface area contributed by atoms with Gasteiger partial charge in [0.1, 0.15) is 12.1 Å². The summed E-state index contributed by atoms with van der Waals surface area (Å²) in [4.78, 5) is 104. The molecule has 0 spiro atoms. The van der Waals surface area contributed by atoms with Gasteiger partial charge in [0.05, 0.1) is 119 Å². The first-order valence-corrected chi connectivity index (χ1v) is 58.4. The van der Waals surface area contributed by atoms with Crippen molar-refractivity contribution in [1.82, 2.24) is 42.5 Å². The van der Waals surface area contributed by atoms with Crippen LogP contribution in [0, 0.1) is 21.7 Å². The third kappa shape index (κ3) is 68.0. The minimum Gasteiger partial charge on any atom is -0.379 e. The minimum atomic E-state index is -0.636. The number of amides is 8. The Morgan fingerprint density at radius 1 is 0.214 bits per heavy atom. The van der Waals surface area contributed by atoms with Crippen molar-refractivity contribution in [2.24, 2.45) is 21.7 Å². The summed E-state index contributed by atoms with van der Waals surface area (Å²) in [7, 11) is 0. The minimum absolute atomic E-state index is 0.0863. The lowest BCUT2D eigenvalue weighted by Crippen LogP contribution is -2.47. The van der Waals surface area contributed by atoms with E-state index in [0.717, 1.165) is 77.0 Å². The zero-order valence-corrected chi connectivity index (χ0v) is 94.3. The number of hydrogen-bond acceptors (Lipinski definition) is 19. The van der Waals surface area contributed by atoms with Gasteiger partial charge in [-0.15, -0.1) is 0 Å². The molecule has 27 nitrogen and oxygen atoms in total. The third-order valence-electron chi connectivity index (χ3n) is 29.9. The van der Waals surface area contributed by atoms with Gasteiger partial charge in [-0.05, 0) is 268 Å². The molecule has 4 rings (SSSR count). The van der Waals surface area contributed by atoms with Crippen LogP contribution >= 0.6 is 0 Å². The number of nitrogens with one attached hydrogen (secondary N) is 8. The van der Waals surface area contributed by atoms with Crippen LogP contribution in [-0.4, -0.2) is 244 Å². The first-order chi connectivity index (χ1) is 70.1. The Bertz CT molecular complexity index is 3340. The molecule has 0 aromatic rings. The summed E-state index contributed by atoms with van der Waals surface area (Å²) in [5.74, 6) is -0.563. The molecule has 8 N–H and O–H groups in total. The molecule has 8 amide bonds. The molecule has 0 bridgehead atoms. The van der Waals surface area contributed by atoms with Gasteiger partial charge in [-0.2, -0.15) is 0 Å². The topological polar surface area (TPSA) is 334 Å². The molecule has 0 aliphatic heterocycles. The van der Waals surface area contributed by atoms with Gasteiger partial charge in [0.2, 0.25) is 47.3 Å². The highest BCUT2D eigenvalue weighted by Crippen LogP contribution is 2.46. The molecule has 0 saturated heterocycles. The van der Waals surface area contributed by atoms with E-state index in [-0.39, 0.29) is 60.1 Å². The Kier molecular flexibility index (Phi) is 77.0. The number of ether oxygens (including phenoxy) is 11. The SMILES string of the molecule is CC1=C(CCCCCCCCC(=O)NCCCCC(NC(=O)CCCCCCCCC2=C(C)CCCC2(C)C)C(=O)NCCCOCCOCCOCCCNC(=O)CCOCCOCCOCCOCCOCCC(=O)NCCCOCCOCCOCCCNC(=O)C(CCCCNC(=O)CCCCCCCCC2=C(C)CCCC2(C)C)NC(=O)CCCCCCCCC2=C(C)CCCC2(C)C)C(C)(C)CCC1. The van der Waals surface area contributed by atoms with E-state index in [9.17, 15) is 38.4 Å². The Hall–Kier alpha value is -5.72. The number of rotatable bonds is 96. The van der Waals surface area contributed by atoms with Crippen molar-refractivity contribution in [1.29, 1.82) is 0 Å². The summed E-state index contributed by atoms with van der Waals surface area (Å²) in [5.41, 5.74) is 14.5. The number of carbonyl (C=O) groups is 8. The van der Waals surface area contributed by atoms with Gasteiger partial charge in [0.15, 0.2) is 0 Å². The lowest BCUT2D eigenvalue weighted by Gasteiger charge is -2.34. The van der Waals surface area contributed by atoms with Gasteiger partial charge in [-0.25, -0.2) is 0 Å². The van der Waals surface area contributed by atoms with E-state index >= 15 is 0 Å². The van der Waals surface area contributed by atoms with Gasteiger partial charge in [0, 0.05) is 104 Å². The Morgan fingerprint density at radius 2 is 0.407 bits per heavy atom. The highest BCUT2D eigenvalue weighted by molar-refractivity contribution is 5.88. The second-order valence-corrected chi connectivity index (χ2v) is 44.3. The van der Waals surface area contributed by atoms with Crippen LogP contribution in [0.1, 0.15) is 443 Å². The number of unbranched alkanes of at least 4 members (excludes halogenated alkanes) is 22. The maximum atomic E-state index is 13.5. The molecule has 2 unspecified atom stereocenters. The highest BCUT2D eigenvalue weighted by atomic mass is 16.6. The lowest BCUT2D eigenvalue weighted by atomic mass is 9.71. The van der Waals surface area contributed by atoms with Crippen LogP contribution in [0.4, 0.5) is 0 Å². The quantitative estimate of drug-likeness (QED) is 0.0207. The number of allylic oxidation sites excluding steroid dienone is 8. The van der Waals surface area contributed by atoms with Gasteiger partial charge < -0.3 is 94.6 Å². The maximum Gasteiger partial charge on any atom is 0.242 e. The van der Waals surface area contributed by atoms with E-state index in [1.54, 1.807) is 44.6 Å². The standard InChI is InChI=1S/C118H214N8O19/c1-97-49-41-65-115(5,6)101(97)53-29-21-13-17-25-33-59-107(127)119-69-39-37-57-105(125-111(131)61-35-27-19-15-23-31-55-103-99(3)51-43-67-117(103,9)10)113(133)123-73-47-77-137-83-89-141-87-81-135-75-45-71-121-109(129)63-79-139-85-91-143-93-95-145-96-94-144-92-86-140-80-64-110(130)122-72-46-76-136-82-88-142-90-84-138-78-48-74-124-114(134)106(126-112(132)62-36-28-20-16-24-32-56-104-100(4)52-44-68-118(104,11)12)58-38-40-70-120-108(128)60-34-26-18-14-22-30-54-102-98(2)50-42-66-116(102,7)8/h105-106H,13-96H2,1-12H3,(H,119,127)(H,120,128)(H,121,129)(H,122,130)(H,123,133)(H,124,134)(H,125,131)(H,126,132). The zero-order chi connectivity index (χ0) is 105. The largest absolute Gasteiger partial charge is 0.379 e. The molecule has 0 heterocycles. The van der Waals surface area contributed by atoms with Crippen molar-refractivity contribution in [2.45, 2.75) is 455 Å². The first kappa shape index (κ1) is 132. The Labute approximate surface area is 881 Å². The summed E-state index contributed by atoms with van der Waals surface area (Å²) < 4.78 is 62.1. The van der Waals surface area contributed by atoms with Crippen LogP contribution in [0.3, 0.4) is 0 Å². The van der Waals surface area contributed by atoms with E-state index in [1.165, 1.54) is 193 Å². The van der Waals surface area contributed by atoms with Crippen LogP contribution in [-0.2, 0) is 90.5 Å². The van der Waals surface area contributed by atoms with Crippen LogP contribution < -0.4 is 42.5 Å². The summed E-state index contributed by atoms with van der Waals surface area (Å²) in [5, 5.41) is 24.1. The van der Waals surface area contributed by atoms with E-state index in [0.29, 0.717) is 283 Å². The molecule has 145 heavy (non-hydrogen) atoms. The molecule has 4 aliphatic carbocycles. The molecule has 0 saturated carbocycles. The number of carbonyl (C=O) groups excluding carboxylic acids is 8. The molecule has 0 fully saturated rings. The molecule has 0 radical (unpaired) electrons. The van der Waals surface area contributed by atoms with E-state index in [2.05, 4.69) is 126 Å². The summed E-state index contributed by atoms with van der Waals surface area (Å²) in [6.45, 7) is 40.4. The Balaban J connectivity index is 0.881. The zero-order valence-electron chi connectivity index (χ0n) is 94.3. The smallest absolute Gasteiger partial charge is 0.242 e. The van der Waals surface area contributed by atoms with Gasteiger partial charge >= 0.3 is 0 Å². The van der Waals surface area contributed by atoms with Crippen molar-refractivity contribution in [2.75, 3.05) is 185 Å². The fourth-order valence-electron chi connectivity index (χ4n) is 21.1. The summed E-state index contributed by atoms with van der Waals surface area (Å²) >= 11 is 0. The molecule has 27 heteroatoms. The summed E-state index contributed by atoms with van der Waals surface area (Å²) in [6.07, 6.45) is 55.9. The molecule has 0 aromatic carbocycles. The third-order valence-corrected chi connectivity index (χ3v) is 29.9. The second kappa shape index (κ2) is 84.8. The molecule has 4 aliphatic rings. The van der Waals surface area contributed by atoms with Gasteiger partial charge in [-0.1, -0.05) is 203 Å². The lowest BCUT2D eigenvalue weighted by molar-refractivity contribution is -0.129. The first-order valence-electron chi connectivity index (χ1n) is 58.4. The fraction of sp³-hybridized carbons (Fsp3) is 0.864. The van der Waals surface area contributed by atoms with E-state index in [1.807, 2.05) is 0 Å². The molecular weight excluding hydrogens is 1830 g/mol. The number of hydrogen-bond donors (Lipinski definition) is 8. The average Bonchev–Trinajstić information content (AvgIpc) is 0.835. The monoisotopic (exact) mass is 2050 g/mol. The average molecular weight is 2050 g/mol. The van der Waals surface area contributed by atoms with E-state index in [4.69, 9.17) is 52.1 Å². The molecule has 0 aromatic heterocycles. The van der Waals surface area contributed by atoms with Crippen LogP contribution in [0.5, 0.6) is 0 Å².